The molecule has 0 amide bonds. The standard InChI is InChI=1S/C14H13NO2/c16-11-7-9-6-10(11)14-12(9)13(15-17-14)8-4-2-1-3-5-8/h1-5,9-10,12,14H,6-7H2/t9-,10+,12+,14+/m0/s1. The predicted octanol–water partition coefficient (Wildman–Crippen LogP) is 2.01. The lowest BCUT2D eigenvalue weighted by Gasteiger charge is -2.22. The van der Waals surface area contributed by atoms with Crippen molar-refractivity contribution in [2.45, 2.75) is 18.9 Å². The molecule has 1 aliphatic heterocycles. The van der Waals surface area contributed by atoms with E-state index in [0.717, 1.165) is 24.1 Å². The summed E-state index contributed by atoms with van der Waals surface area (Å²) in [5.41, 5.74) is 2.19. The van der Waals surface area contributed by atoms with Crippen molar-refractivity contribution in [2.75, 3.05) is 0 Å². The van der Waals surface area contributed by atoms with Gasteiger partial charge in [0.2, 0.25) is 0 Å². The molecular weight excluding hydrogens is 214 g/mol. The smallest absolute Gasteiger partial charge is 0.146 e. The van der Waals surface area contributed by atoms with Crippen LogP contribution in [0.4, 0.5) is 0 Å². The van der Waals surface area contributed by atoms with Gasteiger partial charge in [0, 0.05) is 12.3 Å². The molecule has 0 unspecified atom stereocenters. The summed E-state index contributed by atoms with van der Waals surface area (Å²) < 4.78 is 0. The molecule has 0 spiro atoms. The summed E-state index contributed by atoms with van der Waals surface area (Å²) in [6, 6.07) is 10.2. The summed E-state index contributed by atoms with van der Waals surface area (Å²) in [6.07, 6.45) is 1.75. The number of oxime groups is 1. The summed E-state index contributed by atoms with van der Waals surface area (Å²) in [4.78, 5) is 17.2. The Bertz CT molecular complexity index is 508. The molecular formula is C14H13NO2. The van der Waals surface area contributed by atoms with Crippen LogP contribution in [-0.2, 0) is 9.63 Å². The minimum absolute atomic E-state index is 0.0245. The Morgan fingerprint density at radius 1 is 1.24 bits per heavy atom. The highest BCUT2D eigenvalue weighted by molar-refractivity contribution is 6.05. The zero-order chi connectivity index (χ0) is 11.4. The monoisotopic (exact) mass is 227 g/mol. The van der Waals surface area contributed by atoms with E-state index in [1.807, 2.05) is 18.2 Å². The Labute approximate surface area is 99.5 Å². The lowest BCUT2D eigenvalue weighted by molar-refractivity contribution is -0.127. The van der Waals surface area contributed by atoms with Crippen molar-refractivity contribution in [3.05, 3.63) is 35.9 Å². The third-order valence-electron chi connectivity index (χ3n) is 4.35. The average molecular weight is 227 g/mol. The third kappa shape index (κ3) is 1.17. The van der Waals surface area contributed by atoms with Gasteiger partial charge in [0.25, 0.3) is 0 Å². The van der Waals surface area contributed by atoms with Crippen molar-refractivity contribution in [2.24, 2.45) is 22.9 Å². The summed E-state index contributed by atoms with van der Waals surface area (Å²) in [6.45, 7) is 0. The van der Waals surface area contributed by atoms with E-state index in [2.05, 4.69) is 17.3 Å². The summed E-state index contributed by atoms with van der Waals surface area (Å²) >= 11 is 0. The second kappa shape index (κ2) is 3.19. The van der Waals surface area contributed by atoms with Crippen LogP contribution in [0.25, 0.3) is 0 Å². The largest absolute Gasteiger partial charge is 0.391 e. The van der Waals surface area contributed by atoms with Crippen LogP contribution in [0, 0.1) is 17.8 Å². The molecule has 3 heteroatoms. The summed E-state index contributed by atoms with van der Waals surface area (Å²) in [5.74, 6) is 1.29. The molecule has 1 aromatic rings. The molecule has 2 fully saturated rings. The number of hydrogen-bond donors (Lipinski definition) is 0. The Kier molecular flexibility index (Phi) is 1.76. The Morgan fingerprint density at radius 2 is 2.06 bits per heavy atom. The highest BCUT2D eigenvalue weighted by Gasteiger charge is 2.58. The van der Waals surface area contributed by atoms with Gasteiger partial charge in [-0.15, -0.1) is 0 Å². The van der Waals surface area contributed by atoms with Crippen molar-refractivity contribution in [1.82, 2.24) is 0 Å². The van der Waals surface area contributed by atoms with Gasteiger partial charge in [-0.3, -0.25) is 4.79 Å². The number of nitrogens with zero attached hydrogens (tertiary/aromatic N) is 1. The van der Waals surface area contributed by atoms with Crippen LogP contribution in [0.3, 0.4) is 0 Å². The molecule has 86 valence electrons. The van der Waals surface area contributed by atoms with Gasteiger partial charge in [-0.05, 0) is 17.9 Å². The fraction of sp³-hybridized carbons (Fsp3) is 0.429. The zero-order valence-corrected chi connectivity index (χ0v) is 9.37. The highest BCUT2D eigenvalue weighted by Crippen LogP contribution is 2.51. The Morgan fingerprint density at radius 3 is 2.88 bits per heavy atom. The van der Waals surface area contributed by atoms with Gasteiger partial charge in [-0.25, -0.2) is 0 Å². The third-order valence-corrected chi connectivity index (χ3v) is 4.35. The lowest BCUT2D eigenvalue weighted by Crippen LogP contribution is -2.34. The maximum atomic E-state index is 11.7. The Hall–Kier alpha value is -1.64. The second-order valence-corrected chi connectivity index (χ2v) is 5.21. The molecule has 4 atom stereocenters. The van der Waals surface area contributed by atoms with Gasteiger partial charge in [0.1, 0.15) is 11.9 Å². The minimum atomic E-state index is 0.0245. The molecule has 1 aromatic carbocycles. The van der Waals surface area contributed by atoms with Crippen LogP contribution in [-0.4, -0.2) is 17.6 Å². The fourth-order valence-corrected chi connectivity index (χ4v) is 3.61. The number of rotatable bonds is 1. The Balaban J connectivity index is 1.71. The predicted molar refractivity (Wildman–Crippen MR) is 62.6 cm³/mol. The van der Waals surface area contributed by atoms with E-state index in [-0.39, 0.29) is 12.0 Å². The summed E-state index contributed by atoms with van der Waals surface area (Å²) in [7, 11) is 0. The topological polar surface area (TPSA) is 38.7 Å². The molecule has 4 rings (SSSR count). The van der Waals surface area contributed by atoms with E-state index >= 15 is 0 Å². The van der Waals surface area contributed by atoms with E-state index < -0.39 is 0 Å². The van der Waals surface area contributed by atoms with Crippen molar-refractivity contribution in [1.29, 1.82) is 0 Å². The molecule has 2 aliphatic carbocycles. The first-order valence-corrected chi connectivity index (χ1v) is 6.16. The lowest BCUT2D eigenvalue weighted by atomic mass is 9.81. The molecule has 1 heterocycles. The van der Waals surface area contributed by atoms with Gasteiger partial charge in [0.05, 0.1) is 11.6 Å². The first-order chi connectivity index (χ1) is 8.34. The van der Waals surface area contributed by atoms with Crippen LogP contribution in [0.5, 0.6) is 0 Å². The number of hydrogen-bond acceptors (Lipinski definition) is 3. The average Bonchev–Trinajstić information content (AvgIpc) is 3.00. The van der Waals surface area contributed by atoms with E-state index in [4.69, 9.17) is 4.84 Å². The molecule has 0 saturated heterocycles. The van der Waals surface area contributed by atoms with E-state index in [1.54, 1.807) is 0 Å². The summed E-state index contributed by atoms with van der Waals surface area (Å²) in [5, 5.41) is 4.23. The van der Waals surface area contributed by atoms with Gasteiger partial charge in [-0.1, -0.05) is 35.5 Å². The van der Waals surface area contributed by atoms with Gasteiger partial charge in [-0.2, -0.15) is 0 Å². The molecule has 3 nitrogen and oxygen atoms in total. The van der Waals surface area contributed by atoms with Crippen LogP contribution in [0.15, 0.2) is 35.5 Å². The number of Topliss-reactive ketones (excluding diaryl/α,β-unsaturated/α-hetero) is 1. The van der Waals surface area contributed by atoms with Crippen LogP contribution in [0.1, 0.15) is 18.4 Å². The molecule has 0 aromatic heterocycles. The fourth-order valence-electron chi connectivity index (χ4n) is 3.61. The highest BCUT2D eigenvalue weighted by atomic mass is 16.6. The minimum Gasteiger partial charge on any atom is -0.391 e. The van der Waals surface area contributed by atoms with Gasteiger partial charge < -0.3 is 4.84 Å². The van der Waals surface area contributed by atoms with Crippen molar-refractivity contribution >= 4 is 11.5 Å². The maximum Gasteiger partial charge on any atom is 0.146 e. The van der Waals surface area contributed by atoms with Crippen molar-refractivity contribution in [3.8, 4) is 0 Å². The van der Waals surface area contributed by atoms with Crippen LogP contribution < -0.4 is 0 Å². The second-order valence-electron chi connectivity index (χ2n) is 5.21. The van der Waals surface area contributed by atoms with E-state index in [1.165, 1.54) is 0 Å². The molecule has 17 heavy (non-hydrogen) atoms. The van der Waals surface area contributed by atoms with Gasteiger partial charge in [0.15, 0.2) is 0 Å². The van der Waals surface area contributed by atoms with Crippen LogP contribution in [0.2, 0.25) is 0 Å². The SMILES string of the molecule is O=C1C[C@@H]2C[C@H]1[C@H]1ON=C(c3ccccc3)[C@@H]21. The normalized spacial score (nSPS) is 37.9. The van der Waals surface area contributed by atoms with Gasteiger partial charge >= 0.3 is 0 Å². The number of fused-ring (bicyclic) bond motifs is 5. The molecule has 3 aliphatic rings. The number of benzene rings is 1. The zero-order valence-electron chi connectivity index (χ0n) is 9.37. The van der Waals surface area contributed by atoms with Crippen molar-refractivity contribution < 1.29 is 9.63 Å². The molecule has 0 N–H and O–H groups in total. The van der Waals surface area contributed by atoms with Crippen molar-refractivity contribution in [3.63, 3.8) is 0 Å². The molecule has 0 radical (unpaired) electrons. The molecule has 2 saturated carbocycles. The van der Waals surface area contributed by atoms with E-state index in [9.17, 15) is 4.79 Å². The van der Waals surface area contributed by atoms with E-state index in [0.29, 0.717) is 17.6 Å². The molecule has 2 bridgehead atoms. The first kappa shape index (κ1) is 9.40. The maximum absolute atomic E-state index is 11.7. The number of ketones is 1. The van der Waals surface area contributed by atoms with Crippen LogP contribution >= 0.6 is 0 Å². The number of carbonyl (C=O) groups excluding carboxylic acids is 1. The number of carbonyl (C=O) groups is 1. The first-order valence-electron chi connectivity index (χ1n) is 6.16. The quantitative estimate of drug-likeness (QED) is 0.736.